The van der Waals surface area contributed by atoms with Crippen LogP contribution in [0.5, 0.6) is 0 Å². The van der Waals surface area contributed by atoms with Crippen LogP contribution in [0.15, 0.2) is 0 Å². The first-order valence-corrected chi connectivity index (χ1v) is 7.67. The first kappa shape index (κ1) is 14.8. The first-order valence-electron chi connectivity index (χ1n) is 7.67. The second-order valence-electron chi connectivity index (χ2n) is 7.51. The Labute approximate surface area is 117 Å². The molecule has 0 aromatic carbocycles. The number of hydrogen-bond donors (Lipinski definition) is 0. The van der Waals surface area contributed by atoms with Gasteiger partial charge in [-0.1, -0.05) is 27.7 Å². The fourth-order valence-electron chi connectivity index (χ4n) is 3.47. The average Bonchev–Trinajstić information content (AvgIpc) is 3.01. The standard InChI is InChI=1S/C16H28O3/c1-11(2)8-16(3,4)9-15(17)18-10-12-5-6-13-14(7-12)19-13/h11-14H,5-10H2,1-4H3. The van der Waals surface area contributed by atoms with Gasteiger partial charge in [-0.2, -0.15) is 0 Å². The summed E-state index contributed by atoms with van der Waals surface area (Å²) >= 11 is 0. The maximum Gasteiger partial charge on any atom is 0.306 e. The molecule has 2 rings (SSSR count). The Morgan fingerprint density at radius 2 is 2.05 bits per heavy atom. The quantitative estimate of drug-likeness (QED) is 0.546. The van der Waals surface area contributed by atoms with Crippen LogP contribution in [-0.4, -0.2) is 24.8 Å². The zero-order valence-corrected chi connectivity index (χ0v) is 12.8. The Morgan fingerprint density at radius 3 is 2.68 bits per heavy atom. The highest BCUT2D eigenvalue weighted by atomic mass is 16.6. The van der Waals surface area contributed by atoms with Crippen molar-refractivity contribution in [3.05, 3.63) is 0 Å². The van der Waals surface area contributed by atoms with Crippen molar-refractivity contribution in [3.8, 4) is 0 Å². The van der Waals surface area contributed by atoms with Crippen molar-refractivity contribution in [1.29, 1.82) is 0 Å². The molecular weight excluding hydrogens is 240 g/mol. The van der Waals surface area contributed by atoms with Crippen LogP contribution in [0.4, 0.5) is 0 Å². The molecule has 1 saturated heterocycles. The van der Waals surface area contributed by atoms with E-state index in [1.807, 2.05) is 0 Å². The summed E-state index contributed by atoms with van der Waals surface area (Å²) in [4.78, 5) is 11.9. The van der Waals surface area contributed by atoms with Crippen molar-refractivity contribution in [2.24, 2.45) is 17.3 Å². The van der Waals surface area contributed by atoms with E-state index in [1.165, 1.54) is 0 Å². The number of carbonyl (C=O) groups is 1. The molecular formula is C16H28O3. The fraction of sp³-hybridized carbons (Fsp3) is 0.938. The summed E-state index contributed by atoms with van der Waals surface area (Å²) in [5, 5.41) is 0. The van der Waals surface area contributed by atoms with E-state index >= 15 is 0 Å². The van der Waals surface area contributed by atoms with Gasteiger partial charge in [0, 0.05) is 0 Å². The molecule has 3 nitrogen and oxygen atoms in total. The summed E-state index contributed by atoms with van der Waals surface area (Å²) in [7, 11) is 0. The molecule has 2 aliphatic rings. The molecule has 1 aliphatic heterocycles. The Morgan fingerprint density at radius 1 is 1.32 bits per heavy atom. The van der Waals surface area contributed by atoms with Crippen LogP contribution < -0.4 is 0 Å². The lowest BCUT2D eigenvalue weighted by molar-refractivity contribution is -0.147. The number of rotatable bonds is 6. The summed E-state index contributed by atoms with van der Waals surface area (Å²) in [5.74, 6) is 1.09. The van der Waals surface area contributed by atoms with Crippen LogP contribution in [0, 0.1) is 17.3 Å². The molecule has 0 N–H and O–H groups in total. The molecule has 3 heteroatoms. The predicted octanol–water partition coefficient (Wildman–Crippen LogP) is 3.56. The molecule has 1 aliphatic carbocycles. The summed E-state index contributed by atoms with van der Waals surface area (Å²) < 4.78 is 11.0. The van der Waals surface area contributed by atoms with E-state index in [-0.39, 0.29) is 11.4 Å². The van der Waals surface area contributed by atoms with E-state index in [1.54, 1.807) is 0 Å². The third-order valence-corrected chi connectivity index (χ3v) is 4.18. The Hall–Kier alpha value is -0.570. The summed E-state index contributed by atoms with van der Waals surface area (Å²) in [6.07, 6.45) is 5.94. The van der Waals surface area contributed by atoms with Gasteiger partial charge >= 0.3 is 5.97 Å². The van der Waals surface area contributed by atoms with Gasteiger partial charge in [0.25, 0.3) is 0 Å². The zero-order chi connectivity index (χ0) is 14.0. The maximum absolute atomic E-state index is 11.9. The molecule has 0 aromatic rings. The highest BCUT2D eigenvalue weighted by Gasteiger charge is 2.44. The molecule has 2 fully saturated rings. The molecule has 19 heavy (non-hydrogen) atoms. The van der Waals surface area contributed by atoms with Gasteiger partial charge in [-0.25, -0.2) is 0 Å². The van der Waals surface area contributed by atoms with E-state index < -0.39 is 0 Å². The van der Waals surface area contributed by atoms with Gasteiger partial charge in [-0.3, -0.25) is 4.79 Å². The summed E-state index contributed by atoms with van der Waals surface area (Å²) in [5.41, 5.74) is 0.0442. The lowest BCUT2D eigenvalue weighted by Gasteiger charge is -2.26. The largest absolute Gasteiger partial charge is 0.465 e. The van der Waals surface area contributed by atoms with E-state index in [9.17, 15) is 4.79 Å². The number of epoxide rings is 1. The topological polar surface area (TPSA) is 38.8 Å². The zero-order valence-electron chi connectivity index (χ0n) is 12.8. The first-order chi connectivity index (χ1) is 8.85. The highest BCUT2D eigenvalue weighted by Crippen LogP contribution is 2.39. The molecule has 0 radical (unpaired) electrons. The van der Waals surface area contributed by atoms with Gasteiger partial charge in [0.05, 0.1) is 25.2 Å². The number of carbonyl (C=O) groups excluding carboxylic acids is 1. The lowest BCUT2D eigenvalue weighted by Crippen LogP contribution is -2.24. The number of esters is 1. The fourth-order valence-corrected chi connectivity index (χ4v) is 3.47. The Kier molecular flexibility index (Phi) is 4.54. The van der Waals surface area contributed by atoms with E-state index in [0.717, 1.165) is 25.7 Å². The van der Waals surface area contributed by atoms with Gasteiger partial charge in [0.2, 0.25) is 0 Å². The second-order valence-corrected chi connectivity index (χ2v) is 7.51. The van der Waals surface area contributed by atoms with Crippen molar-refractivity contribution < 1.29 is 14.3 Å². The molecule has 1 saturated carbocycles. The molecule has 0 aromatic heterocycles. The maximum atomic E-state index is 11.9. The predicted molar refractivity (Wildman–Crippen MR) is 74.8 cm³/mol. The van der Waals surface area contributed by atoms with Gasteiger partial charge in [-0.05, 0) is 42.9 Å². The molecule has 0 bridgehead atoms. The van der Waals surface area contributed by atoms with Gasteiger partial charge in [-0.15, -0.1) is 0 Å². The van der Waals surface area contributed by atoms with Crippen LogP contribution in [0.1, 0.15) is 59.8 Å². The second kappa shape index (κ2) is 5.82. The third-order valence-electron chi connectivity index (χ3n) is 4.18. The number of hydrogen-bond acceptors (Lipinski definition) is 3. The minimum atomic E-state index is -0.0375. The van der Waals surface area contributed by atoms with Gasteiger partial charge < -0.3 is 9.47 Å². The minimum Gasteiger partial charge on any atom is -0.465 e. The highest BCUT2D eigenvalue weighted by molar-refractivity contribution is 5.70. The van der Waals surface area contributed by atoms with Crippen molar-refractivity contribution >= 4 is 5.97 Å². The Balaban J connectivity index is 1.66. The van der Waals surface area contributed by atoms with Crippen LogP contribution in [-0.2, 0) is 14.3 Å². The van der Waals surface area contributed by atoms with Crippen LogP contribution in [0.2, 0.25) is 0 Å². The van der Waals surface area contributed by atoms with Crippen LogP contribution >= 0.6 is 0 Å². The molecule has 0 amide bonds. The van der Waals surface area contributed by atoms with Crippen molar-refractivity contribution in [2.45, 2.75) is 72.0 Å². The van der Waals surface area contributed by atoms with E-state index in [0.29, 0.717) is 37.1 Å². The number of ether oxygens (including phenoxy) is 2. The summed E-state index contributed by atoms with van der Waals surface area (Å²) in [6.45, 7) is 9.28. The van der Waals surface area contributed by atoms with Crippen molar-refractivity contribution in [2.75, 3.05) is 6.61 Å². The van der Waals surface area contributed by atoms with E-state index in [4.69, 9.17) is 9.47 Å². The smallest absolute Gasteiger partial charge is 0.306 e. The Bertz CT molecular complexity index is 322. The van der Waals surface area contributed by atoms with Crippen molar-refractivity contribution in [3.63, 3.8) is 0 Å². The normalized spacial score (nSPS) is 30.1. The molecule has 1 heterocycles. The minimum absolute atomic E-state index is 0.0375. The third kappa shape index (κ3) is 4.79. The van der Waals surface area contributed by atoms with Gasteiger partial charge in [0.1, 0.15) is 0 Å². The monoisotopic (exact) mass is 268 g/mol. The van der Waals surface area contributed by atoms with Crippen LogP contribution in [0.25, 0.3) is 0 Å². The van der Waals surface area contributed by atoms with E-state index in [2.05, 4.69) is 27.7 Å². The van der Waals surface area contributed by atoms with Crippen LogP contribution in [0.3, 0.4) is 0 Å². The van der Waals surface area contributed by atoms with Gasteiger partial charge in [0.15, 0.2) is 0 Å². The van der Waals surface area contributed by atoms with Crippen molar-refractivity contribution in [1.82, 2.24) is 0 Å². The molecule has 3 unspecified atom stereocenters. The molecule has 110 valence electrons. The molecule has 0 spiro atoms. The summed E-state index contributed by atoms with van der Waals surface area (Å²) in [6, 6.07) is 0. The SMILES string of the molecule is CC(C)CC(C)(C)CC(=O)OCC1CCC2OC2C1. The number of fused-ring (bicyclic) bond motifs is 1. The molecule has 3 atom stereocenters. The average molecular weight is 268 g/mol. The lowest BCUT2D eigenvalue weighted by atomic mass is 9.81.